The van der Waals surface area contributed by atoms with E-state index in [1.54, 1.807) is 11.8 Å². The second-order valence-electron chi connectivity index (χ2n) is 2.59. The minimum absolute atomic E-state index is 0.541. The molecule has 0 aromatic rings. The largest absolute Gasteiger partial charge is 0.433 e. The topological polar surface area (TPSA) is 50.7 Å². The van der Waals surface area contributed by atoms with Crippen LogP contribution in [0.4, 0.5) is 4.79 Å². The van der Waals surface area contributed by atoms with Gasteiger partial charge >= 0.3 is 6.09 Å². The normalized spacial score (nSPS) is 10.9. The molecule has 0 unspecified atom stereocenters. The standard InChI is InChI=1S/C9H16N2O2S/c1-4-5-6-14-7-8(2)11-13-9(12)10-3/h4H,1,5-7H2,2-3H3,(H,10,12). The lowest BCUT2D eigenvalue weighted by Gasteiger charge is -1.99. The molecule has 0 aliphatic heterocycles. The number of carbonyl (C=O) groups excluding carboxylic acids is 1. The Morgan fingerprint density at radius 1 is 1.71 bits per heavy atom. The zero-order valence-electron chi connectivity index (χ0n) is 8.58. The highest BCUT2D eigenvalue weighted by Crippen LogP contribution is 2.03. The van der Waals surface area contributed by atoms with Gasteiger partial charge in [0.2, 0.25) is 0 Å². The lowest BCUT2D eigenvalue weighted by Crippen LogP contribution is -2.17. The number of amides is 1. The van der Waals surface area contributed by atoms with Crippen molar-refractivity contribution >= 4 is 23.6 Å². The lowest BCUT2D eigenvalue weighted by atomic mass is 10.5. The van der Waals surface area contributed by atoms with Crippen molar-refractivity contribution in [1.82, 2.24) is 5.32 Å². The number of rotatable bonds is 6. The first-order chi connectivity index (χ1) is 6.70. The van der Waals surface area contributed by atoms with Crippen LogP contribution in [-0.4, -0.2) is 30.4 Å². The third-order valence-corrected chi connectivity index (χ3v) is 2.41. The van der Waals surface area contributed by atoms with Crippen LogP contribution in [0.25, 0.3) is 0 Å². The summed E-state index contributed by atoms with van der Waals surface area (Å²) in [7, 11) is 1.49. The highest BCUT2D eigenvalue weighted by molar-refractivity contribution is 7.99. The first kappa shape index (κ1) is 13.0. The fourth-order valence-corrected chi connectivity index (χ4v) is 1.40. The molecule has 1 N–H and O–H groups in total. The highest BCUT2D eigenvalue weighted by atomic mass is 32.2. The maximum absolute atomic E-state index is 10.6. The van der Waals surface area contributed by atoms with Crippen LogP contribution >= 0.6 is 11.8 Å². The van der Waals surface area contributed by atoms with Crippen LogP contribution in [0.2, 0.25) is 0 Å². The molecule has 0 aromatic carbocycles. The smallest absolute Gasteiger partial charge is 0.323 e. The van der Waals surface area contributed by atoms with Gasteiger partial charge in [-0.3, -0.25) is 4.84 Å². The summed E-state index contributed by atoms with van der Waals surface area (Å²) in [6.07, 6.45) is 2.31. The van der Waals surface area contributed by atoms with Crippen LogP contribution in [0, 0.1) is 0 Å². The van der Waals surface area contributed by atoms with E-state index in [-0.39, 0.29) is 0 Å². The number of oxime groups is 1. The van der Waals surface area contributed by atoms with E-state index in [1.807, 2.05) is 13.0 Å². The first-order valence-electron chi connectivity index (χ1n) is 4.31. The molecular formula is C9H16N2O2S. The fraction of sp³-hybridized carbons (Fsp3) is 0.556. The summed E-state index contributed by atoms with van der Waals surface area (Å²) in [5, 5.41) is 5.96. The number of nitrogens with one attached hydrogen (secondary N) is 1. The minimum atomic E-state index is -0.541. The Morgan fingerprint density at radius 2 is 2.43 bits per heavy atom. The molecule has 4 nitrogen and oxygen atoms in total. The van der Waals surface area contributed by atoms with Crippen LogP contribution in [-0.2, 0) is 4.84 Å². The van der Waals surface area contributed by atoms with Crippen molar-refractivity contribution < 1.29 is 9.63 Å². The van der Waals surface area contributed by atoms with Crippen LogP contribution in [0.5, 0.6) is 0 Å². The van der Waals surface area contributed by atoms with Crippen molar-refractivity contribution in [2.45, 2.75) is 13.3 Å². The maximum atomic E-state index is 10.6. The van der Waals surface area contributed by atoms with Gasteiger partial charge in [-0.15, -0.1) is 6.58 Å². The Balaban J connectivity index is 3.56. The third kappa shape index (κ3) is 7.67. The third-order valence-electron chi connectivity index (χ3n) is 1.27. The van der Waals surface area contributed by atoms with Crippen molar-refractivity contribution in [3.05, 3.63) is 12.7 Å². The molecule has 14 heavy (non-hydrogen) atoms. The number of carbonyl (C=O) groups is 1. The van der Waals surface area contributed by atoms with Crippen molar-refractivity contribution in [3.8, 4) is 0 Å². The van der Waals surface area contributed by atoms with E-state index in [0.29, 0.717) is 0 Å². The van der Waals surface area contributed by atoms with Gasteiger partial charge in [-0.1, -0.05) is 11.2 Å². The number of allylic oxidation sites excluding steroid dienone is 1. The molecule has 0 spiro atoms. The molecule has 0 heterocycles. The summed E-state index contributed by atoms with van der Waals surface area (Å²) in [6.45, 7) is 5.45. The second kappa shape index (κ2) is 8.62. The SMILES string of the molecule is C=CCCSCC(C)=NOC(=O)NC. The fourth-order valence-electron chi connectivity index (χ4n) is 0.578. The van der Waals surface area contributed by atoms with Gasteiger partial charge < -0.3 is 5.32 Å². The second-order valence-corrected chi connectivity index (χ2v) is 3.69. The van der Waals surface area contributed by atoms with Gasteiger partial charge in [0.05, 0.1) is 5.71 Å². The van der Waals surface area contributed by atoms with Crippen molar-refractivity contribution in [3.63, 3.8) is 0 Å². The van der Waals surface area contributed by atoms with E-state index >= 15 is 0 Å². The van der Waals surface area contributed by atoms with Crippen LogP contribution in [0.1, 0.15) is 13.3 Å². The summed E-state index contributed by atoms with van der Waals surface area (Å²) in [5.74, 6) is 1.78. The molecule has 1 amide bonds. The van der Waals surface area contributed by atoms with Crippen LogP contribution in [0.3, 0.4) is 0 Å². The molecule has 0 aromatic heterocycles. The van der Waals surface area contributed by atoms with Gasteiger partial charge in [-0.25, -0.2) is 4.79 Å². The average molecular weight is 216 g/mol. The summed E-state index contributed by atoms with van der Waals surface area (Å²) in [6, 6.07) is 0. The first-order valence-corrected chi connectivity index (χ1v) is 5.47. The number of thioether (sulfide) groups is 1. The molecular weight excluding hydrogens is 200 g/mol. The van der Waals surface area contributed by atoms with E-state index < -0.39 is 6.09 Å². The molecule has 0 atom stereocenters. The van der Waals surface area contributed by atoms with E-state index in [4.69, 9.17) is 0 Å². The Labute approximate surface area is 88.8 Å². The van der Waals surface area contributed by atoms with E-state index in [1.165, 1.54) is 7.05 Å². The lowest BCUT2D eigenvalue weighted by molar-refractivity contribution is 0.153. The number of nitrogens with zero attached hydrogens (tertiary/aromatic N) is 1. The predicted octanol–water partition coefficient (Wildman–Crippen LogP) is 2.03. The van der Waals surface area contributed by atoms with Gasteiger partial charge in [0.15, 0.2) is 0 Å². The van der Waals surface area contributed by atoms with Crippen LogP contribution in [0.15, 0.2) is 17.8 Å². The number of hydrogen-bond donors (Lipinski definition) is 1. The molecule has 0 aliphatic rings. The summed E-state index contributed by atoms with van der Waals surface area (Å²) in [5.41, 5.74) is 0.794. The van der Waals surface area contributed by atoms with Gasteiger partial charge in [0.1, 0.15) is 0 Å². The summed E-state index contributed by atoms with van der Waals surface area (Å²) >= 11 is 1.73. The molecule has 0 rings (SSSR count). The minimum Gasteiger partial charge on any atom is -0.323 e. The monoisotopic (exact) mass is 216 g/mol. The molecule has 80 valence electrons. The van der Waals surface area contributed by atoms with Gasteiger partial charge in [-0.2, -0.15) is 11.8 Å². The van der Waals surface area contributed by atoms with E-state index in [2.05, 4.69) is 21.9 Å². The van der Waals surface area contributed by atoms with E-state index in [0.717, 1.165) is 23.6 Å². The molecule has 0 aliphatic carbocycles. The molecule has 0 saturated carbocycles. The molecule has 0 radical (unpaired) electrons. The molecule has 0 saturated heterocycles. The van der Waals surface area contributed by atoms with Gasteiger partial charge in [0, 0.05) is 12.8 Å². The number of hydrogen-bond acceptors (Lipinski definition) is 4. The van der Waals surface area contributed by atoms with Crippen molar-refractivity contribution in [2.24, 2.45) is 5.16 Å². The maximum Gasteiger partial charge on any atom is 0.433 e. The highest BCUT2D eigenvalue weighted by Gasteiger charge is 1.97. The average Bonchev–Trinajstić information content (AvgIpc) is 2.21. The Kier molecular flexibility index (Phi) is 8.02. The van der Waals surface area contributed by atoms with Crippen LogP contribution < -0.4 is 5.32 Å². The Morgan fingerprint density at radius 3 is 3.00 bits per heavy atom. The summed E-state index contributed by atoms with van der Waals surface area (Å²) < 4.78 is 0. The zero-order chi connectivity index (χ0) is 10.8. The van der Waals surface area contributed by atoms with Gasteiger partial charge in [-0.05, 0) is 19.1 Å². The van der Waals surface area contributed by atoms with Gasteiger partial charge in [0.25, 0.3) is 0 Å². The van der Waals surface area contributed by atoms with Crippen molar-refractivity contribution in [1.29, 1.82) is 0 Å². The quantitative estimate of drug-likeness (QED) is 0.243. The van der Waals surface area contributed by atoms with Crippen molar-refractivity contribution in [2.75, 3.05) is 18.6 Å². The summed E-state index contributed by atoms with van der Waals surface area (Å²) in [4.78, 5) is 15.1. The predicted molar refractivity (Wildman–Crippen MR) is 60.8 cm³/mol. The zero-order valence-corrected chi connectivity index (χ0v) is 9.39. The Bertz CT molecular complexity index is 217. The van der Waals surface area contributed by atoms with E-state index in [9.17, 15) is 4.79 Å². The molecule has 0 bridgehead atoms. The molecule has 0 fully saturated rings. The Hall–Kier alpha value is -0.970. The molecule has 5 heteroatoms.